The predicted molar refractivity (Wildman–Crippen MR) is 88.7 cm³/mol. The summed E-state index contributed by atoms with van der Waals surface area (Å²) >= 11 is 3.58. The van der Waals surface area contributed by atoms with Crippen LogP contribution >= 0.6 is 15.9 Å². The molecule has 2 atom stereocenters. The number of nitrogens with zero attached hydrogens (tertiary/aromatic N) is 1. The molecule has 1 fully saturated rings. The number of hydrogen-bond acceptors (Lipinski definition) is 4. The van der Waals surface area contributed by atoms with Gasteiger partial charge in [-0.2, -0.15) is 0 Å². The van der Waals surface area contributed by atoms with E-state index in [9.17, 15) is 4.79 Å². The molecule has 0 saturated carbocycles. The summed E-state index contributed by atoms with van der Waals surface area (Å²) in [5.41, 5.74) is 1.03. The summed E-state index contributed by atoms with van der Waals surface area (Å²) in [7, 11) is 5.37. The number of rotatable bonds is 3. The molecule has 1 aliphatic heterocycles. The highest BCUT2D eigenvalue weighted by Crippen LogP contribution is 2.48. The number of fused-ring (bicyclic) bond motifs is 1. The van der Waals surface area contributed by atoms with Crippen LogP contribution in [0.1, 0.15) is 18.4 Å². The van der Waals surface area contributed by atoms with Gasteiger partial charge in [-0.1, -0.05) is 6.08 Å². The Balaban J connectivity index is 2.15. The lowest BCUT2D eigenvalue weighted by molar-refractivity contribution is -0.116. The van der Waals surface area contributed by atoms with E-state index < -0.39 is 0 Å². The van der Waals surface area contributed by atoms with Crippen LogP contribution < -0.4 is 9.47 Å². The molecule has 1 aromatic rings. The van der Waals surface area contributed by atoms with E-state index in [2.05, 4.69) is 40.0 Å². The third-order valence-electron chi connectivity index (χ3n) is 4.94. The fourth-order valence-electron chi connectivity index (χ4n) is 3.73. The van der Waals surface area contributed by atoms with Crippen LogP contribution in [0.4, 0.5) is 0 Å². The summed E-state index contributed by atoms with van der Waals surface area (Å²) < 4.78 is 11.8. The minimum atomic E-state index is -0.134. The van der Waals surface area contributed by atoms with Gasteiger partial charge in [0.25, 0.3) is 0 Å². The maximum atomic E-state index is 11.8. The topological polar surface area (TPSA) is 38.8 Å². The van der Waals surface area contributed by atoms with Crippen molar-refractivity contribution in [2.24, 2.45) is 0 Å². The average molecular weight is 366 g/mol. The van der Waals surface area contributed by atoms with Crippen molar-refractivity contribution in [3.63, 3.8) is 0 Å². The fourth-order valence-corrected chi connectivity index (χ4v) is 4.33. The number of halogens is 1. The summed E-state index contributed by atoms with van der Waals surface area (Å²) in [6.07, 6.45) is 5.39. The Hall–Kier alpha value is -1.33. The maximum absolute atomic E-state index is 11.8. The molecule has 3 rings (SSSR count). The van der Waals surface area contributed by atoms with Crippen molar-refractivity contribution in [3.05, 3.63) is 34.3 Å². The van der Waals surface area contributed by atoms with Crippen molar-refractivity contribution in [2.75, 3.05) is 27.8 Å². The lowest BCUT2D eigenvalue weighted by Crippen LogP contribution is -2.43. The number of ether oxygens (including phenoxy) is 2. The van der Waals surface area contributed by atoms with Crippen LogP contribution in [0.15, 0.2) is 28.8 Å². The first kappa shape index (κ1) is 15.6. The molecule has 22 heavy (non-hydrogen) atoms. The quantitative estimate of drug-likeness (QED) is 0.825. The van der Waals surface area contributed by atoms with Gasteiger partial charge in [0.1, 0.15) is 0 Å². The Morgan fingerprint density at radius 1 is 1.32 bits per heavy atom. The molecule has 2 aliphatic rings. The summed E-state index contributed by atoms with van der Waals surface area (Å²) in [6.45, 7) is 0.980. The fraction of sp³-hybridized carbons (Fsp3) is 0.471. The molecule has 1 aromatic carbocycles. The zero-order valence-corrected chi connectivity index (χ0v) is 14.6. The van der Waals surface area contributed by atoms with E-state index in [1.165, 1.54) is 0 Å². The molecule has 0 N–H and O–H groups in total. The molecule has 118 valence electrons. The van der Waals surface area contributed by atoms with Crippen LogP contribution in [0.25, 0.3) is 0 Å². The highest BCUT2D eigenvalue weighted by Gasteiger charge is 2.48. The molecule has 0 bridgehead atoms. The minimum Gasteiger partial charge on any atom is -0.493 e. The number of hydrogen-bond donors (Lipinski definition) is 0. The van der Waals surface area contributed by atoms with Gasteiger partial charge in [0.2, 0.25) is 0 Å². The van der Waals surface area contributed by atoms with Crippen molar-refractivity contribution in [3.8, 4) is 11.5 Å². The Kier molecular flexibility index (Phi) is 4.03. The molecule has 5 heteroatoms. The number of likely N-dealkylation sites (tertiary alicyclic amines) is 1. The maximum Gasteiger partial charge on any atom is 0.174 e. The number of allylic oxidation sites excluding steroid dienone is 1. The first-order chi connectivity index (χ1) is 10.5. The second kappa shape index (κ2) is 5.70. The van der Waals surface area contributed by atoms with Crippen molar-refractivity contribution >= 4 is 21.7 Å². The van der Waals surface area contributed by atoms with E-state index in [-0.39, 0.29) is 17.2 Å². The summed E-state index contributed by atoms with van der Waals surface area (Å²) in [4.78, 5) is 14.1. The van der Waals surface area contributed by atoms with E-state index in [0.717, 1.165) is 23.0 Å². The Bertz CT molecular complexity index is 643. The molecule has 4 nitrogen and oxygen atoms in total. The Labute approximate surface area is 139 Å². The number of ketones is 1. The third kappa shape index (κ3) is 2.27. The van der Waals surface area contributed by atoms with Crippen LogP contribution in [0.5, 0.6) is 11.5 Å². The largest absolute Gasteiger partial charge is 0.493 e. The van der Waals surface area contributed by atoms with Crippen molar-refractivity contribution in [2.45, 2.75) is 24.3 Å². The molecule has 1 saturated heterocycles. The van der Waals surface area contributed by atoms with E-state index in [1.54, 1.807) is 20.3 Å². The first-order valence-corrected chi connectivity index (χ1v) is 8.15. The number of carbonyl (C=O) groups excluding carboxylic acids is 1. The molecule has 0 aromatic heterocycles. The van der Waals surface area contributed by atoms with Crippen molar-refractivity contribution in [1.82, 2.24) is 4.90 Å². The standard InChI is InChI=1S/C17H20BrNO3/c1-19-7-6-17(5-4-12(20)10-15(17)19)11-8-13(18)16(22-3)14(9-11)21-2/h4-5,8-9,15H,6-7,10H2,1-3H3/t15-,17-/m0/s1. The van der Waals surface area contributed by atoms with E-state index in [1.807, 2.05) is 6.07 Å². The van der Waals surface area contributed by atoms with Crippen LogP contribution in [0.2, 0.25) is 0 Å². The monoisotopic (exact) mass is 365 g/mol. The number of methoxy groups -OCH3 is 2. The Morgan fingerprint density at radius 2 is 2.09 bits per heavy atom. The molecule has 0 unspecified atom stereocenters. The summed E-state index contributed by atoms with van der Waals surface area (Å²) in [5, 5.41) is 0. The van der Waals surface area contributed by atoms with Gasteiger partial charge in [-0.25, -0.2) is 0 Å². The minimum absolute atomic E-state index is 0.134. The number of benzene rings is 1. The molecule has 0 spiro atoms. The molecular formula is C17H20BrNO3. The molecule has 0 radical (unpaired) electrons. The zero-order chi connectivity index (χ0) is 15.9. The lowest BCUT2D eigenvalue weighted by Gasteiger charge is -2.37. The van der Waals surface area contributed by atoms with Gasteiger partial charge in [0.15, 0.2) is 17.3 Å². The van der Waals surface area contributed by atoms with Crippen LogP contribution in [-0.2, 0) is 10.2 Å². The predicted octanol–water partition coefficient (Wildman–Crippen LogP) is 2.94. The zero-order valence-electron chi connectivity index (χ0n) is 13.1. The third-order valence-corrected chi connectivity index (χ3v) is 5.53. The average Bonchev–Trinajstić information content (AvgIpc) is 2.84. The molecule has 0 amide bonds. The normalized spacial score (nSPS) is 27.8. The van der Waals surface area contributed by atoms with Crippen LogP contribution in [-0.4, -0.2) is 44.5 Å². The molecular weight excluding hydrogens is 346 g/mol. The number of carbonyl (C=O) groups is 1. The molecule has 1 heterocycles. The first-order valence-electron chi connectivity index (χ1n) is 7.36. The van der Waals surface area contributed by atoms with Gasteiger partial charge in [-0.15, -0.1) is 0 Å². The van der Waals surface area contributed by atoms with Crippen LogP contribution in [0, 0.1) is 0 Å². The van der Waals surface area contributed by atoms with Gasteiger partial charge in [-0.3, -0.25) is 4.79 Å². The second-order valence-corrected chi connectivity index (χ2v) is 6.84. The number of likely N-dealkylation sites (N-methyl/N-ethyl adjacent to an activating group) is 1. The SMILES string of the molecule is COc1cc([C@@]23C=CC(=O)C[C@@H]2N(C)CC3)cc(Br)c1OC. The van der Waals surface area contributed by atoms with Gasteiger partial charge in [0.05, 0.1) is 18.7 Å². The summed E-state index contributed by atoms with van der Waals surface area (Å²) in [6, 6.07) is 4.33. The van der Waals surface area contributed by atoms with Gasteiger partial charge in [0, 0.05) is 17.9 Å². The van der Waals surface area contributed by atoms with E-state index >= 15 is 0 Å². The molecule has 1 aliphatic carbocycles. The second-order valence-electron chi connectivity index (χ2n) is 5.98. The van der Waals surface area contributed by atoms with Gasteiger partial charge < -0.3 is 14.4 Å². The lowest BCUT2D eigenvalue weighted by atomic mass is 9.69. The van der Waals surface area contributed by atoms with E-state index in [0.29, 0.717) is 17.9 Å². The van der Waals surface area contributed by atoms with Crippen molar-refractivity contribution < 1.29 is 14.3 Å². The van der Waals surface area contributed by atoms with Gasteiger partial charge >= 0.3 is 0 Å². The van der Waals surface area contributed by atoms with Gasteiger partial charge in [-0.05, 0) is 59.7 Å². The smallest absolute Gasteiger partial charge is 0.174 e. The Morgan fingerprint density at radius 3 is 2.77 bits per heavy atom. The highest BCUT2D eigenvalue weighted by molar-refractivity contribution is 9.10. The van der Waals surface area contributed by atoms with E-state index in [4.69, 9.17) is 9.47 Å². The van der Waals surface area contributed by atoms with Crippen molar-refractivity contribution in [1.29, 1.82) is 0 Å². The highest BCUT2D eigenvalue weighted by atomic mass is 79.9. The summed E-state index contributed by atoms with van der Waals surface area (Å²) in [5.74, 6) is 1.61. The van der Waals surface area contributed by atoms with Crippen LogP contribution in [0.3, 0.4) is 0 Å².